The number of benzene rings is 3. The first kappa shape index (κ1) is 16.7. The Morgan fingerprint density at radius 2 is 1.46 bits per heavy atom. The van der Waals surface area contributed by atoms with Crippen LogP contribution in [0.3, 0.4) is 0 Å². The van der Waals surface area contributed by atoms with Crippen LogP contribution in [0.25, 0.3) is 27.8 Å². The maximum atomic E-state index is 12.8. The second-order valence-electron chi connectivity index (χ2n) is 5.83. The van der Waals surface area contributed by atoms with Gasteiger partial charge < -0.3 is 0 Å². The highest BCUT2D eigenvalue weighted by Gasteiger charge is 2.30. The molecule has 1 aromatic heterocycles. The summed E-state index contributed by atoms with van der Waals surface area (Å²) in [6, 6.07) is 19.9. The normalized spacial score (nSPS) is 11.8. The first-order chi connectivity index (χ1) is 12.4. The van der Waals surface area contributed by atoms with Gasteiger partial charge in [0.25, 0.3) is 0 Å². The van der Waals surface area contributed by atoms with Gasteiger partial charge in [-0.15, -0.1) is 0 Å². The second kappa shape index (κ2) is 6.18. The summed E-state index contributed by atoms with van der Waals surface area (Å²) in [4.78, 5) is 0. The molecule has 0 fully saturated rings. The standard InChI is InChI=1S/C20H12ClF3N2/c21-15-9-11-16(12-10-15)26-18-4-2-1-3-17(18)19(25-26)13-5-7-14(8-6-13)20(22,23)24/h1-12H. The Labute approximate surface area is 152 Å². The van der Waals surface area contributed by atoms with Crippen molar-refractivity contribution >= 4 is 22.5 Å². The highest BCUT2D eigenvalue weighted by atomic mass is 35.5. The molecule has 4 rings (SSSR count). The van der Waals surface area contributed by atoms with Crippen LogP contribution in [0.2, 0.25) is 5.02 Å². The van der Waals surface area contributed by atoms with E-state index in [2.05, 4.69) is 5.10 Å². The molecule has 4 aromatic rings. The fourth-order valence-electron chi connectivity index (χ4n) is 2.88. The van der Waals surface area contributed by atoms with Crippen LogP contribution in [0.1, 0.15) is 5.56 Å². The van der Waals surface area contributed by atoms with E-state index < -0.39 is 11.7 Å². The molecule has 0 spiro atoms. The van der Waals surface area contributed by atoms with Crippen LogP contribution in [0.15, 0.2) is 72.8 Å². The molecular weight excluding hydrogens is 361 g/mol. The van der Waals surface area contributed by atoms with E-state index >= 15 is 0 Å². The third-order valence-electron chi connectivity index (χ3n) is 4.14. The maximum absolute atomic E-state index is 12.8. The topological polar surface area (TPSA) is 17.8 Å². The number of halogens is 4. The fourth-order valence-corrected chi connectivity index (χ4v) is 3.00. The lowest BCUT2D eigenvalue weighted by Crippen LogP contribution is -2.04. The van der Waals surface area contributed by atoms with Gasteiger partial charge >= 0.3 is 6.18 Å². The van der Waals surface area contributed by atoms with E-state index in [1.54, 1.807) is 16.8 Å². The van der Waals surface area contributed by atoms with Crippen molar-refractivity contribution in [1.29, 1.82) is 0 Å². The van der Waals surface area contributed by atoms with E-state index in [-0.39, 0.29) is 0 Å². The van der Waals surface area contributed by atoms with Crippen molar-refractivity contribution in [2.45, 2.75) is 6.18 Å². The Balaban J connectivity index is 1.87. The molecule has 0 atom stereocenters. The molecular formula is C20H12ClF3N2. The van der Waals surface area contributed by atoms with Gasteiger partial charge in [-0.2, -0.15) is 18.3 Å². The van der Waals surface area contributed by atoms with Crippen LogP contribution in [0.5, 0.6) is 0 Å². The Morgan fingerprint density at radius 3 is 2.12 bits per heavy atom. The van der Waals surface area contributed by atoms with E-state index in [0.29, 0.717) is 16.3 Å². The molecule has 1 heterocycles. The molecule has 0 unspecified atom stereocenters. The monoisotopic (exact) mass is 372 g/mol. The summed E-state index contributed by atoms with van der Waals surface area (Å²) < 4.78 is 40.2. The molecule has 0 radical (unpaired) electrons. The predicted molar refractivity (Wildman–Crippen MR) is 96.5 cm³/mol. The first-order valence-electron chi connectivity index (χ1n) is 7.85. The fraction of sp³-hybridized carbons (Fsp3) is 0.0500. The largest absolute Gasteiger partial charge is 0.416 e. The van der Waals surface area contributed by atoms with Gasteiger partial charge in [0, 0.05) is 16.0 Å². The highest BCUT2D eigenvalue weighted by molar-refractivity contribution is 6.30. The number of aromatic nitrogens is 2. The molecule has 0 aliphatic heterocycles. The van der Waals surface area contributed by atoms with Gasteiger partial charge in [-0.25, -0.2) is 4.68 Å². The maximum Gasteiger partial charge on any atom is 0.416 e. The van der Waals surface area contributed by atoms with Gasteiger partial charge in [0.1, 0.15) is 5.69 Å². The van der Waals surface area contributed by atoms with E-state index in [0.717, 1.165) is 28.7 Å². The zero-order chi connectivity index (χ0) is 18.3. The van der Waals surface area contributed by atoms with Crippen molar-refractivity contribution in [3.8, 4) is 16.9 Å². The molecule has 0 amide bonds. The molecule has 6 heteroatoms. The molecule has 0 aliphatic carbocycles. The average Bonchev–Trinajstić information content (AvgIpc) is 3.01. The number of rotatable bonds is 2. The Hall–Kier alpha value is -2.79. The smallest absolute Gasteiger partial charge is 0.232 e. The number of alkyl halides is 3. The molecule has 130 valence electrons. The summed E-state index contributed by atoms with van der Waals surface area (Å²) >= 11 is 5.95. The second-order valence-corrected chi connectivity index (χ2v) is 6.27. The average molecular weight is 373 g/mol. The van der Waals surface area contributed by atoms with Crippen molar-refractivity contribution in [2.24, 2.45) is 0 Å². The number of hydrogen-bond donors (Lipinski definition) is 0. The highest BCUT2D eigenvalue weighted by Crippen LogP contribution is 2.33. The van der Waals surface area contributed by atoms with Gasteiger partial charge in [0.05, 0.1) is 16.8 Å². The zero-order valence-corrected chi connectivity index (χ0v) is 14.1. The summed E-state index contributed by atoms with van der Waals surface area (Å²) in [5.41, 5.74) is 2.27. The predicted octanol–water partition coefficient (Wildman–Crippen LogP) is 6.36. The van der Waals surface area contributed by atoms with Crippen LogP contribution >= 0.6 is 11.6 Å². The number of hydrogen-bond acceptors (Lipinski definition) is 1. The van der Waals surface area contributed by atoms with E-state index in [1.165, 1.54) is 12.1 Å². The third kappa shape index (κ3) is 2.95. The quantitative estimate of drug-likeness (QED) is 0.400. The third-order valence-corrected chi connectivity index (χ3v) is 4.40. The lowest BCUT2D eigenvalue weighted by Gasteiger charge is -2.06. The zero-order valence-electron chi connectivity index (χ0n) is 13.3. The van der Waals surface area contributed by atoms with Crippen molar-refractivity contribution in [3.63, 3.8) is 0 Å². The van der Waals surface area contributed by atoms with Crippen molar-refractivity contribution < 1.29 is 13.2 Å². The molecule has 2 nitrogen and oxygen atoms in total. The van der Waals surface area contributed by atoms with Gasteiger partial charge in [0.2, 0.25) is 0 Å². The summed E-state index contributed by atoms with van der Waals surface area (Å²) in [5, 5.41) is 6.13. The van der Waals surface area contributed by atoms with Crippen LogP contribution in [-0.4, -0.2) is 9.78 Å². The van der Waals surface area contributed by atoms with Crippen LogP contribution in [0.4, 0.5) is 13.2 Å². The lowest BCUT2D eigenvalue weighted by atomic mass is 10.1. The summed E-state index contributed by atoms with van der Waals surface area (Å²) in [7, 11) is 0. The van der Waals surface area contributed by atoms with Crippen LogP contribution in [0, 0.1) is 0 Å². The van der Waals surface area contributed by atoms with Gasteiger partial charge in [-0.1, -0.05) is 41.9 Å². The van der Waals surface area contributed by atoms with Crippen molar-refractivity contribution in [2.75, 3.05) is 0 Å². The van der Waals surface area contributed by atoms with Gasteiger partial charge in [-0.3, -0.25) is 0 Å². The van der Waals surface area contributed by atoms with Gasteiger partial charge in [-0.05, 0) is 42.5 Å². The summed E-state index contributed by atoms with van der Waals surface area (Å²) in [6.45, 7) is 0. The van der Waals surface area contributed by atoms with E-state index in [1.807, 2.05) is 36.4 Å². The Bertz CT molecular complexity index is 1070. The SMILES string of the molecule is FC(F)(F)c1ccc(-c2nn(-c3ccc(Cl)cc3)c3ccccc23)cc1. The molecule has 0 bridgehead atoms. The number of nitrogens with zero attached hydrogens (tertiary/aromatic N) is 2. The minimum atomic E-state index is -4.36. The van der Waals surface area contributed by atoms with Crippen LogP contribution < -0.4 is 0 Å². The molecule has 26 heavy (non-hydrogen) atoms. The van der Waals surface area contributed by atoms with Crippen molar-refractivity contribution in [3.05, 3.63) is 83.4 Å². The molecule has 0 saturated carbocycles. The lowest BCUT2D eigenvalue weighted by molar-refractivity contribution is -0.137. The number of fused-ring (bicyclic) bond motifs is 1. The Morgan fingerprint density at radius 1 is 0.808 bits per heavy atom. The van der Waals surface area contributed by atoms with Crippen molar-refractivity contribution in [1.82, 2.24) is 9.78 Å². The van der Waals surface area contributed by atoms with E-state index in [9.17, 15) is 13.2 Å². The number of para-hydroxylation sites is 1. The van der Waals surface area contributed by atoms with Gasteiger partial charge in [0.15, 0.2) is 0 Å². The Kier molecular flexibility index (Phi) is 3.96. The summed E-state index contributed by atoms with van der Waals surface area (Å²) in [5.74, 6) is 0. The molecule has 0 aliphatic rings. The minimum absolute atomic E-state index is 0.619. The summed E-state index contributed by atoms with van der Waals surface area (Å²) in [6.07, 6.45) is -4.36. The molecule has 0 saturated heterocycles. The molecule has 0 N–H and O–H groups in total. The van der Waals surface area contributed by atoms with Crippen LogP contribution in [-0.2, 0) is 6.18 Å². The molecule has 3 aromatic carbocycles. The van der Waals surface area contributed by atoms with E-state index in [4.69, 9.17) is 11.6 Å². The first-order valence-corrected chi connectivity index (χ1v) is 8.22. The minimum Gasteiger partial charge on any atom is -0.232 e.